The number of hydrogen-bond acceptors (Lipinski definition) is 4. The number of hydrogen-bond donors (Lipinski definition) is 1. The topological polar surface area (TPSA) is 68.9 Å². The largest absolute Gasteiger partial charge is 0.368 e. The molecule has 0 bridgehead atoms. The van der Waals surface area contributed by atoms with Gasteiger partial charge in [-0.1, -0.05) is 48.0 Å². The van der Waals surface area contributed by atoms with Gasteiger partial charge in [-0.3, -0.25) is 4.79 Å². The third-order valence-electron chi connectivity index (χ3n) is 5.15. The van der Waals surface area contributed by atoms with Crippen molar-refractivity contribution >= 4 is 11.7 Å². The number of aromatic nitrogens is 2. The van der Waals surface area contributed by atoms with Crippen LogP contribution in [-0.4, -0.2) is 15.8 Å². The van der Waals surface area contributed by atoms with E-state index in [4.69, 9.17) is 5.73 Å². The highest BCUT2D eigenvalue weighted by atomic mass is 19.1. The van der Waals surface area contributed by atoms with E-state index >= 15 is 0 Å². The van der Waals surface area contributed by atoms with Gasteiger partial charge in [-0.2, -0.15) is 0 Å². The fraction of sp³-hybridized carbons (Fsp3) is 0.0417. The van der Waals surface area contributed by atoms with Crippen LogP contribution in [0.5, 0.6) is 0 Å². The maximum Gasteiger partial charge on any atom is 0.221 e. The van der Waals surface area contributed by atoms with Crippen LogP contribution in [0.3, 0.4) is 0 Å². The molecule has 0 atom stereocenters. The first-order valence-electron chi connectivity index (χ1n) is 9.21. The molecule has 5 heteroatoms. The van der Waals surface area contributed by atoms with Gasteiger partial charge in [0.15, 0.2) is 5.78 Å². The molecule has 1 aliphatic rings. The van der Waals surface area contributed by atoms with Gasteiger partial charge in [0.2, 0.25) is 5.95 Å². The Hall–Kier alpha value is -3.86. The number of nitrogen functional groups attached to an aromatic ring is 1. The normalized spacial score (nSPS) is 12.0. The first-order chi connectivity index (χ1) is 14.0. The molecule has 0 saturated carbocycles. The minimum atomic E-state index is -0.358. The number of nitrogens with two attached hydrogens (primary N) is 1. The molecule has 1 heterocycles. The summed E-state index contributed by atoms with van der Waals surface area (Å²) in [5, 5.41) is 0. The number of carbonyl (C=O) groups is 1. The molecular formula is C24H16FN3O. The van der Waals surface area contributed by atoms with Crippen molar-refractivity contribution in [1.29, 1.82) is 0 Å². The predicted octanol–water partition coefficient (Wildman–Crippen LogP) is 5.05. The van der Waals surface area contributed by atoms with Crippen LogP contribution in [0.4, 0.5) is 10.3 Å². The Labute approximate surface area is 166 Å². The lowest BCUT2D eigenvalue weighted by atomic mass is 9.95. The summed E-state index contributed by atoms with van der Waals surface area (Å²) >= 11 is 0. The average molecular weight is 381 g/mol. The minimum absolute atomic E-state index is 0.0720. The van der Waals surface area contributed by atoms with E-state index in [1.807, 2.05) is 37.3 Å². The average Bonchev–Trinajstić information content (AvgIpc) is 3.00. The van der Waals surface area contributed by atoms with Gasteiger partial charge >= 0.3 is 0 Å². The maximum absolute atomic E-state index is 13.4. The van der Waals surface area contributed by atoms with Crippen LogP contribution in [0, 0.1) is 12.7 Å². The number of rotatable bonds is 2. The molecule has 4 nitrogen and oxygen atoms in total. The van der Waals surface area contributed by atoms with E-state index in [9.17, 15) is 9.18 Å². The smallest absolute Gasteiger partial charge is 0.221 e. The number of aryl methyl sites for hydroxylation is 1. The fourth-order valence-electron chi connectivity index (χ4n) is 3.88. The Morgan fingerprint density at radius 1 is 0.793 bits per heavy atom. The number of benzene rings is 3. The summed E-state index contributed by atoms with van der Waals surface area (Å²) in [4.78, 5) is 22.1. The Morgan fingerprint density at radius 2 is 1.48 bits per heavy atom. The summed E-state index contributed by atoms with van der Waals surface area (Å²) in [6.07, 6.45) is 0. The minimum Gasteiger partial charge on any atom is -0.368 e. The summed E-state index contributed by atoms with van der Waals surface area (Å²) in [6, 6.07) is 19.6. The van der Waals surface area contributed by atoms with Crippen molar-refractivity contribution < 1.29 is 9.18 Å². The molecule has 2 N–H and O–H groups in total. The Bertz CT molecular complexity index is 1300. The summed E-state index contributed by atoms with van der Waals surface area (Å²) in [7, 11) is 0. The van der Waals surface area contributed by atoms with E-state index < -0.39 is 0 Å². The zero-order valence-corrected chi connectivity index (χ0v) is 15.6. The molecule has 29 heavy (non-hydrogen) atoms. The molecule has 0 aliphatic heterocycles. The monoisotopic (exact) mass is 381 g/mol. The summed E-state index contributed by atoms with van der Waals surface area (Å²) in [6.45, 7) is 2.03. The molecule has 1 aromatic heterocycles. The zero-order chi connectivity index (χ0) is 20.1. The van der Waals surface area contributed by atoms with Crippen LogP contribution in [0.2, 0.25) is 0 Å². The van der Waals surface area contributed by atoms with E-state index in [1.54, 1.807) is 18.2 Å². The van der Waals surface area contributed by atoms with E-state index in [1.165, 1.54) is 12.1 Å². The van der Waals surface area contributed by atoms with E-state index in [0.29, 0.717) is 28.1 Å². The van der Waals surface area contributed by atoms with Crippen LogP contribution in [0.1, 0.15) is 21.5 Å². The van der Waals surface area contributed by atoms with E-state index in [2.05, 4.69) is 16.0 Å². The number of carbonyl (C=O) groups excluding carboxylic acids is 1. The second-order valence-electron chi connectivity index (χ2n) is 7.09. The molecule has 0 unspecified atom stereocenters. The molecule has 0 radical (unpaired) electrons. The van der Waals surface area contributed by atoms with Crippen molar-refractivity contribution in [2.75, 3.05) is 5.73 Å². The lowest BCUT2D eigenvalue weighted by molar-refractivity contribution is 0.104. The van der Waals surface area contributed by atoms with Gasteiger partial charge in [0.1, 0.15) is 5.82 Å². The van der Waals surface area contributed by atoms with Gasteiger partial charge in [0.25, 0.3) is 0 Å². The van der Waals surface area contributed by atoms with Crippen molar-refractivity contribution in [2.45, 2.75) is 6.92 Å². The molecule has 0 saturated heterocycles. The number of halogens is 1. The van der Waals surface area contributed by atoms with Gasteiger partial charge < -0.3 is 5.73 Å². The van der Waals surface area contributed by atoms with Crippen LogP contribution < -0.4 is 5.73 Å². The highest BCUT2D eigenvalue weighted by Crippen LogP contribution is 2.44. The number of ketones is 1. The van der Waals surface area contributed by atoms with Crippen molar-refractivity contribution in [3.8, 4) is 33.6 Å². The lowest BCUT2D eigenvalue weighted by Crippen LogP contribution is -2.05. The van der Waals surface area contributed by atoms with Gasteiger partial charge in [-0.25, -0.2) is 14.4 Å². The van der Waals surface area contributed by atoms with Crippen LogP contribution in [0.25, 0.3) is 33.6 Å². The summed E-state index contributed by atoms with van der Waals surface area (Å²) < 4.78 is 13.4. The number of fused-ring (bicyclic) bond motifs is 3. The van der Waals surface area contributed by atoms with Crippen LogP contribution >= 0.6 is 0 Å². The molecule has 1 aliphatic carbocycles. The Kier molecular flexibility index (Phi) is 3.77. The predicted molar refractivity (Wildman–Crippen MR) is 111 cm³/mol. The summed E-state index contributed by atoms with van der Waals surface area (Å²) in [5.41, 5.74) is 12.3. The Morgan fingerprint density at radius 3 is 2.24 bits per heavy atom. The van der Waals surface area contributed by atoms with Crippen molar-refractivity contribution in [1.82, 2.24) is 9.97 Å². The SMILES string of the molecule is Cc1cccc(-c2cccc3c2-c2nc(N)nc(-c4ccc(F)cc4)c2C3=O)c1. The second kappa shape index (κ2) is 6.34. The molecule has 0 spiro atoms. The first kappa shape index (κ1) is 17.3. The Balaban J connectivity index is 1.81. The molecule has 0 amide bonds. The number of nitrogens with zero attached hydrogens (tertiary/aromatic N) is 2. The van der Waals surface area contributed by atoms with E-state index in [0.717, 1.165) is 22.3 Å². The van der Waals surface area contributed by atoms with Crippen molar-refractivity contribution in [3.05, 3.63) is 89.2 Å². The van der Waals surface area contributed by atoms with Gasteiger partial charge in [0.05, 0.1) is 17.0 Å². The molecule has 0 fully saturated rings. The molecule has 140 valence electrons. The second-order valence-corrected chi connectivity index (χ2v) is 7.09. The molecule has 4 aromatic rings. The third kappa shape index (κ3) is 2.70. The highest BCUT2D eigenvalue weighted by molar-refractivity contribution is 6.25. The van der Waals surface area contributed by atoms with Crippen molar-refractivity contribution in [3.63, 3.8) is 0 Å². The first-order valence-corrected chi connectivity index (χ1v) is 9.21. The lowest BCUT2D eigenvalue weighted by Gasteiger charge is -2.11. The quantitative estimate of drug-likeness (QED) is 0.464. The molecule has 3 aromatic carbocycles. The van der Waals surface area contributed by atoms with Crippen LogP contribution in [0.15, 0.2) is 66.7 Å². The number of anilines is 1. The van der Waals surface area contributed by atoms with Gasteiger partial charge in [0, 0.05) is 16.7 Å². The van der Waals surface area contributed by atoms with Crippen LogP contribution in [-0.2, 0) is 0 Å². The maximum atomic E-state index is 13.4. The van der Waals surface area contributed by atoms with Crippen molar-refractivity contribution in [2.24, 2.45) is 0 Å². The van der Waals surface area contributed by atoms with E-state index in [-0.39, 0.29) is 17.5 Å². The fourth-order valence-corrected chi connectivity index (χ4v) is 3.88. The van der Waals surface area contributed by atoms with Gasteiger partial charge in [-0.05, 0) is 42.3 Å². The molecule has 5 rings (SSSR count). The third-order valence-corrected chi connectivity index (χ3v) is 5.15. The molecular weight excluding hydrogens is 365 g/mol. The summed E-state index contributed by atoms with van der Waals surface area (Å²) in [5.74, 6) is -0.435. The highest BCUT2D eigenvalue weighted by Gasteiger charge is 2.34. The zero-order valence-electron chi connectivity index (χ0n) is 15.6. The van der Waals surface area contributed by atoms with Gasteiger partial charge in [-0.15, -0.1) is 0 Å². The standard InChI is InChI=1S/C24H16FN3O/c1-13-4-2-5-15(12-13)17-6-3-7-18-19(17)22-20(23(18)29)21(27-24(26)28-22)14-8-10-16(25)11-9-14/h2-12H,1H3,(H2,26,27,28).